The molecule has 0 aliphatic carbocycles. The lowest BCUT2D eigenvalue weighted by molar-refractivity contribution is 0.342. The van der Waals surface area contributed by atoms with Gasteiger partial charge >= 0.3 is 0 Å². The topological polar surface area (TPSA) is 71.7 Å². The van der Waals surface area contributed by atoms with Gasteiger partial charge in [0.05, 0.1) is 12.3 Å². The van der Waals surface area contributed by atoms with Crippen LogP contribution in [-0.2, 0) is 0 Å². The molecular formula is C22H22N4O2. The highest BCUT2D eigenvalue weighted by Crippen LogP contribution is 2.30. The summed E-state index contributed by atoms with van der Waals surface area (Å²) >= 11 is 0. The number of aryl methyl sites for hydroxylation is 2. The van der Waals surface area contributed by atoms with Crippen LogP contribution in [0.4, 0.5) is 11.6 Å². The zero-order valence-electron chi connectivity index (χ0n) is 16.1. The third-order valence-electron chi connectivity index (χ3n) is 4.59. The number of pyridine rings is 1. The Bertz CT molecular complexity index is 1130. The van der Waals surface area contributed by atoms with E-state index in [2.05, 4.69) is 15.4 Å². The van der Waals surface area contributed by atoms with E-state index in [0.29, 0.717) is 18.3 Å². The standard InChI is InChI=1S/C22H22N4O2/c1-4-28-19-8-6-5-7-18(19)23-22-24-20-10-9-16(13-26(20)25-22)17-11-14(2)21(27)15(3)12-17/h5-13,27H,4H2,1-3H3,(H,23,25). The molecule has 0 amide bonds. The van der Waals surface area contributed by atoms with Gasteiger partial charge in [-0.1, -0.05) is 12.1 Å². The van der Waals surface area contributed by atoms with Crippen molar-refractivity contribution in [2.75, 3.05) is 11.9 Å². The van der Waals surface area contributed by atoms with Crippen molar-refractivity contribution >= 4 is 17.3 Å². The summed E-state index contributed by atoms with van der Waals surface area (Å²) < 4.78 is 7.40. The summed E-state index contributed by atoms with van der Waals surface area (Å²) in [4.78, 5) is 4.54. The first-order valence-electron chi connectivity index (χ1n) is 9.21. The molecule has 2 aromatic carbocycles. The first-order valence-corrected chi connectivity index (χ1v) is 9.21. The van der Waals surface area contributed by atoms with E-state index in [1.54, 1.807) is 4.52 Å². The molecule has 0 fully saturated rings. The van der Waals surface area contributed by atoms with Gasteiger partial charge in [-0.15, -0.1) is 5.10 Å². The number of nitrogens with one attached hydrogen (secondary N) is 1. The minimum atomic E-state index is 0.338. The maximum atomic E-state index is 10.0. The van der Waals surface area contributed by atoms with E-state index < -0.39 is 0 Å². The van der Waals surface area contributed by atoms with Crippen LogP contribution >= 0.6 is 0 Å². The fraction of sp³-hybridized carbons (Fsp3) is 0.182. The van der Waals surface area contributed by atoms with Crippen molar-refractivity contribution < 1.29 is 9.84 Å². The van der Waals surface area contributed by atoms with Gasteiger partial charge in [0.1, 0.15) is 11.5 Å². The molecule has 0 saturated heterocycles. The van der Waals surface area contributed by atoms with Crippen molar-refractivity contribution in [2.45, 2.75) is 20.8 Å². The van der Waals surface area contributed by atoms with Crippen LogP contribution in [0.1, 0.15) is 18.1 Å². The first kappa shape index (κ1) is 17.9. The number of ether oxygens (including phenoxy) is 1. The molecule has 2 heterocycles. The third kappa shape index (κ3) is 3.36. The maximum absolute atomic E-state index is 10.0. The van der Waals surface area contributed by atoms with Crippen molar-refractivity contribution in [1.29, 1.82) is 0 Å². The van der Waals surface area contributed by atoms with E-state index in [1.165, 1.54) is 0 Å². The summed E-state index contributed by atoms with van der Waals surface area (Å²) in [5.74, 6) is 1.60. The SMILES string of the molecule is CCOc1ccccc1Nc1nc2ccc(-c3cc(C)c(O)c(C)c3)cn2n1. The van der Waals surface area contributed by atoms with E-state index >= 15 is 0 Å². The molecule has 0 radical (unpaired) electrons. The Morgan fingerprint density at radius 2 is 1.79 bits per heavy atom. The lowest BCUT2D eigenvalue weighted by Crippen LogP contribution is -1.98. The second kappa shape index (κ2) is 7.23. The van der Waals surface area contributed by atoms with Crippen LogP contribution in [-0.4, -0.2) is 26.3 Å². The molecule has 0 unspecified atom stereocenters. The number of benzene rings is 2. The molecule has 6 heteroatoms. The van der Waals surface area contributed by atoms with Crippen LogP contribution in [0.15, 0.2) is 54.7 Å². The summed E-state index contributed by atoms with van der Waals surface area (Å²) in [6.07, 6.45) is 1.94. The Hall–Kier alpha value is -3.54. The zero-order chi connectivity index (χ0) is 19.7. The van der Waals surface area contributed by atoms with Gasteiger partial charge in [0, 0.05) is 11.8 Å². The molecule has 0 spiro atoms. The molecule has 2 aromatic heterocycles. The van der Waals surface area contributed by atoms with Crippen LogP contribution in [0, 0.1) is 13.8 Å². The second-order valence-corrected chi connectivity index (χ2v) is 6.67. The third-order valence-corrected chi connectivity index (χ3v) is 4.59. The number of phenols is 1. The van der Waals surface area contributed by atoms with Gasteiger partial charge in [-0.05, 0) is 73.9 Å². The van der Waals surface area contributed by atoms with E-state index in [4.69, 9.17) is 4.74 Å². The fourth-order valence-electron chi connectivity index (χ4n) is 3.20. The predicted molar refractivity (Wildman–Crippen MR) is 110 cm³/mol. The van der Waals surface area contributed by atoms with E-state index in [0.717, 1.165) is 39.3 Å². The number of aromatic hydroxyl groups is 1. The lowest BCUT2D eigenvalue weighted by atomic mass is 10.0. The molecule has 0 bridgehead atoms. The molecule has 0 atom stereocenters. The molecular weight excluding hydrogens is 352 g/mol. The van der Waals surface area contributed by atoms with Crippen molar-refractivity contribution in [2.24, 2.45) is 0 Å². The second-order valence-electron chi connectivity index (χ2n) is 6.67. The molecule has 2 N–H and O–H groups in total. The first-order chi connectivity index (χ1) is 13.5. The summed E-state index contributed by atoms with van der Waals surface area (Å²) in [7, 11) is 0. The smallest absolute Gasteiger partial charge is 0.247 e. The zero-order valence-corrected chi connectivity index (χ0v) is 16.1. The Labute approximate surface area is 163 Å². The average molecular weight is 374 g/mol. The fourth-order valence-corrected chi connectivity index (χ4v) is 3.20. The molecule has 6 nitrogen and oxygen atoms in total. The molecule has 142 valence electrons. The predicted octanol–water partition coefficient (Wildman–Crippen LogP) is 4.86. The van der Waals surface area contributed by atoms with Gasteiger partial charge in [-0.3, -0.25) is 0 Å². The number of rotatable bonds is 5. The van der Waals surface area contributed by atoms with Crippen LogP contribution in [0.2, 0.25) is 0 Å². The summed E-state index contributed by atoms with van der Waals surface area (Å²) in [6, 6.07) is 15.6. The molecule has 0 aliphatic heterocycles. The highest BCUT2D eigenvalue weighted by molar-refractivity contribution is 5.69. The molecule has 28 heavy (non-hydrogen) atoms. The number of aromatic nitrogens is 3. The number of phenolic OH excluding ortho intramolecular Hbond substituents is 1. The Balaban J connectivity index is 1.68. The monoisotopic (exact) mass is 374 g/mol. The van der Waals surface area contributed by atoms with E-state index in [1.807, 2.05) is 75.5 Å². The van der Waals surface area contributed by atoms with Crippen LogP contribution in [0.3, 0.4) is 0 Å². The van der Waals surface area contributed by atoms with Crippen molar-refractivity contribution in [3.63, 3.8) is 0 Å². The number of fused-ring (bicyclic) bond motifs is 1. The van der Waals surface area contributed by atoms with E-state index in [-0.39, 0.29) is 0 Å². The van der Waals surface area contributed by atoms with Crippen LogP contribution in [0.5, 0.6) is 11.5 Å². The van der Waals surface area contributed by atoms with Crippen LogP contribution < -0.4 is 10.1 Å². The average Bonchev–Trinajstić information content (AvgIpc) is 3.09. The summed E-state index contributed by atoms with van der Waals surface area (Å²) in [5, 5.41) is 17.8. The van der Waals surface area contributed by atoms with Crippen LogP contribution in [0.25, 0.3) is 16.8 Å². The Kier molecular flexibility index (Phi) is 4.61. The Morgan fingerprint density at radius 1 is 1.04 bits per heavy atom. The normalized spacial score (nSPS) is 11.0. The number of hydrogen-bond donors (Lipinski definition) is 2. The largest absolute Gasteiger partial charge is 0.507 e. The minimum absolute atomic E-state index is 0.338. The molecule has 4 rings (SSSR count). The van der Waals surface area contributed by atoms with Gasteiger partial charge < -0.3 is 15.2 Å². The quantitative estimate of drug-likeness (QED) is 0.522. The van der Waals surface area contributed by atoms with Crippen molar-refractivity contribution in [3.8, 4) is 22.6 Å². The number of anilines is 2. The minimum Gasteiger partial charge on any atom is -0.507 e. The van der Waals surface area contributed by atoms with Gasteiger partial charge in [-0.2, -0.15) is 4.98 Å². The van der Waals surface area contributed by atoms with Gasteiger partial charge in [0.25, 0.3) is 0 Å². The molecule has 4 aromatic rings. The molecule has 0 aliphatic rings. The van der Waals surface area contributed by atoms with Crippen molar-refractivity contribution in [1.82, 2.24) is 14.6 Å². The van der Waals surface area contributed by atoms with Gasteiger partial charge in [0.15, 0.2) is 5.65 Å². The van der Waals surface area contributed by atoms with E-state index in [9.17, 15) is 5.11 Å². The molecule has 0 saturated carbocycles. The number of nitrogens with zero attached hydrogens (tertiary/aromatic N) is 3. The summed E-state index contributed by atoms with van der Waals surface area (Å²) in [6.45, 7) is 6.34. The summed E-state index contributed by atoms with van der Waals surface area (Å²) in [5.41, 5.74) is 5.30. The maximum Gasteiger partial charge on any atom is 0.247 e. The number of para-hydroxylation sites is 2. The highest BCUT2D eigenvalue weighted by atomic mass is 16.5. The van der Waals surface area contributed by atoms with Crippen molar-refractivity contribution in [3.05, 3.63) is 65.9 Å². The highest BCUT2D eigenvalue weighted by Gasteiger charge is 2.10. The number of hydrogen-bond acceptors (Lipinski definition) is 5. The Morgan fingerprint density at radius 3 is 2.54 bits per heavy atom. The van der Waals surface area contributed by atoms with Gasteiger partial charge in [-0.25, -0.2) is 4.52 Å². The van der Waals surface area contributed by atoms with Gasteiger partial charge in [0.2, 0.25) is 5.95 Å². The lowest BCUT2D eigenvalue weighted by Gasteiger charge is -2.09.